The summed E-state index contributed by atoms with van der Waals surface area (Å²) in [5, 5.41) is 1.43. The Morgan fingerprint density at radius 1 is 1.50 bits per heavy atom. The fourth-order valence-electron chi connectivity index (χ4n) is 3.14. The molecule has 0 bridgehead atoms. The van der Waals surface area contributed by atoms with Crippen LogP contribution in [0.1, 0.15) is 29.5 Å². The van der Waals surface area contributed by atoms with Crippen LogP contribution in [0, 0.1) is 12.8 Å². The van der Waals surface area contributed by atoms with Crippen molar-refractivity contribution in [3.63, 3.8) is 0 Å². The van der Waals surface area contributed by atoms with E-state index in [1.54, 1.807) is 6.07 Å². The van der Waals surface area contributed by atoms with Crippen LogP contribution in [0.15, 0.2) is 22.6 Å². The summed E-state index contributed by atoms with van der Waals surface area (Å²) >= 11 is 6.15. The van der Waals surface area contributed by atoms with E-state index in [9.17, 15) is 4.79 Å². The van der Waals surface area contributed by atoms with Crippen LogP contribution in [0.3, 0.4) is 0 Å². The van der Waals surface area contributed by atoms with Gasteiger partial charge in [-0.3, -0.25) is 4.79 Å². The molecule has 0 spiro atoms. The highest BCUT2D eigenvalue weighted by atomic mass is 35.5. The smallest absolute Gasteiger partial charge is 0.290 e. The van der Waals surface area contributed by atoms with Crippen molar-refractivity contribution in [3.05, 3.63) is 34.5 Å². The van der Waals surface area contributed by atoms with Crippen LogP contribution in [0.2, 0.25) is 5.02 Å². The number of aryl methyl sites for hydroxylation is 1. The summed E-state index contributed by atoms with van der Waals surface area (Å²) in [6, 6.07) is 5.75. The first-order chi connectivity index (χ1) is 10.0. The van der Waals surface area contributed by atoms with E-state index in [4.69, 9.17) is 21.8 Å². The predicted molar refractivity (Wildman–Crippen MR) is 90.9 cm³/mol. The quantitative estimate of drug-likeness (QED) is 0.906. The Bertz CT molecular complexity index is 699. The largest absolute Gasteiger partial charge is 0.449 e. The fraction of sp³-hybridized carbons (Fsp3) is 0.438. The lowest BCUT2D eigenvalue weighted by atomic mass is 10.1. The molecule has 1 aliphatic heterocycles. The molecule has 1 saturated heterocycles. The molecule has 6 heteroatoms. The van der Waals surface area contributed by atoms with Crippen molar-refractivity contribution < 1.29 is 9.21 Å². The summed E-state index contributed by atoms with van der Waals surface area (Å²) in [4.78, 5) is 14.6. The van der Waals surface area contributed by atoms with Crippen LogP contribution >= 0.6 is 24.0 Å². The van der Waals surface area contributed by atoms with E-state index in [1.165, 1.54) is 0 Å². The molecule has 1 aromatic carbocycles. The minimum absolute atomic E-state index is 0. The minimum atomic E-state index is -0.0665. The summed E-state index contributed by atoms with van der Waals surface area (Å²) < 4.78 is 5.77. The second-order valence-electron chi connectivity index (χ2n) is 5.82. The average Bonchev–Trinajstić information content (AvgIpc) is 3.01. The topological polar surface area (TPSA) is 59.5 Å². The molecule has 1 aliphatic rings. The lowest BCUT2D eigenvalue weighted by Crippen LogP contribution is -2.34. The van der Waals surface area contributed by atoms with Gasteiger partial charge in [-0.2, -0.15) is 0 Å². The highest BCUT2D eigenvalue weighted by Gasteiger charge is 2.34. The summed E-state index contributed by atoms with van der Waals surface area (Å²) in [6.07, 6.45) is 0.947. The Labute approximate surface area is 141 Å². The maximum absolute atomic E-state index is 12.8. The van der Waals surface area contributed by atoms with Crippen molar-refractivity contribution in [1.82, 2.24) is 4.90 Å². The average molecular weight is 343 g/mol. The van der Waals surface area contributed by atoms with Gasteiger partial charge >= 0.3 is 0 Å². The van der Waals surface area contributed by atoms with E-state index < -0.39 is 0 Å². The van der Waals surface area contributed by atoms with Crippen molar-refractivity contribution in [2.45, 2.75) is 26.3 Å². The SMILES string of the molecule is Cc1c(C(=O)N2CC(CN)CC2C)oc2c(Cl)cccc12.Cl. The first-order valence-electron chi connectivity index (χ1n) is 7.21. The number of rotatable bonds is 2. The molecule has 2 aromatic rings. The molecular formula is C16H20Cl2N2O2. The van der Waals surface area contributed by atoms with E-state index in [-0.39, 0.29) is 24.4 Å². The molecule has 2 N–H and O–H groups in total. The van der Waals surface area contributed by atoms with Crippen LogP contribution < -0.4 is 5.73 Å². The molecule has 2 heterocycles. The standard InChI is InChI=1S/C16H19ClN2O2.ClH/c1-9-6-11(7-18)8-19(9)16(20)14-10(2)12-4-3-5-13(17)15(12)21-14;/h3-5,9,11H,6-8,18H2,1-2H3;1H. The number of furan rings is 1. The molecule has 22 heavy (non-hydrogen) atoms. The first kappa shape index (κ1) is 17.1. The van der Waals surface area contributed by atoms with Crippen LogP contribution in [0.25, 0.3) is 11.0 Å². The van der Waals surface area contributed by atoms with E-state index >= 15 is 0 Å². The summed E-state index contributed by atoms with van der Waals surface area (Å²) in [5.41, 5.74) is 7.16. The lowest BCUT2D eigenvalue weighted by Gasteiger charge is -2.20. The highest BCUT2D eigenvalue weighted by Crippen LogP contribution is 2.33. The Morgan fingerprint density at radius 2 is 2.23 bits per heavy atom. The van der Waals surface area contributed by atoms with Crippen molar-refractivity contribution >= 4 is 40.9 Å². The van der Waals surface area contributed by atoms with Crippen molar-refractivity contribution in [3.8, 4) is 0 Å². The first-order valence-corrected chi connectivity index (χ1v) is 7.59. The molecule has 0 saturated carbocycles. The zero-order valence-electron chi connectivity index (χ0n) is 12.6. The Balaban J connectivity index is 0.00000176. The van der Waals surface area contributed by atoms with Gasteiger partial charge in [0, 0.05) is 23.5 Å². The van der Waals surface area contributed by atoms with Gasteiger partial charge in [0.25, 0.3) is 5.91 Å². The number of carbonyl (C=O) groups excluding carboxylic acids is 1. The number of nitrogens with two attached hydrogens (primary N) is 1. The van der Waals surface area contributed by atoms with Crippen molar-refractivity contribution in [2.24, 2.45) is 11.7 Å². The molecule has 1 amide bonds. The van der Waals surface area contributed by atoms with Gasteiger partial charge in [0.1, 0.15) is 0 Å². The van der Waals surface area contributed by atoms with Crippen molar-refractivity contribution in [1.29, 1.82) is 0 Å². The van der Waals surface area contributed by atoms with E-state index in [1.807, 2.05) is 24.0 Å². The molecule has 1 fully saturated rings. The maximum atomic E-state index is 12.8. The predicted octanol–water partition coefficient (Wildman–Crippen LogP) is 3.63. The third-order valence-corrected chi connectivity index (χ3v) is 4.66. The number of fused-ring (bicyclic) bond motifs is 1. The van der Waals surface area contributed by atoms with Gasteiger partial charge in [0.2, 0.25) is 0 Å². The van der Waals surface area contributed by atoms with E-state index in [2.05, 4.69) is 6.92 Å². The Hall–Kier alpha value is -1.23. The van der Waals surface area contributed by atoms with Gasteiger partial charge in [-0.25, -0.2) is 0 Å². The molecule has 0 aliphatic carbocycles. The zero-order valence-corrected chi connectivity index (χ0v) is 14.2. The number of para-hydroxylation sites is 1. The number of hydrogen-bond donors (Lipinski definition) is 1. The second kappa shape index (κ2) is 6.49. The normalized spacial score (nSPS) is 21.2. The number of amides is 1. The number of carbonyl (C=O) groups is 1. The van der Waals surface area contributed by atoms with Crippen LogP contribution in [-0.2, 0) is 0 Å². The molecule has 120 valence electrons. The molecule has 2 atom stereocenters. The van der Waals surface area contributed by atoms with Crippen LogP contribution in [0.4, 0.5) is 0 Å². The molecular weight excluding hydrogens is 323 g/mol. The van der Waals surface area contributed by atoms with Gasteiger partial charge in [0.15, 0.2) is 11.3 Å². The summed E-state index contributed by atoms with van der Waals surface area (Å²) in [7, 11) is 0. The molecule has 3 rings (SSSR count). The van der Waals surface area contributed by atoms with Gasteiger partial charge in [-0.1, -0.05) is 23.7 Å². The zero-order chi connectivity index (χ0) is 15.1. The Kier molecular flexibility index (Phi) is 5.05. The van der Waals surface area contributed by atoms with Gasteiger partial charge in [-0.15, -0.1) is 12.4 Å². The fourth-order valence-corrected chi connectivity index (χ4v) is 3.35. The molecule has 4 nitrogen and oxygen atoms in total. The number of hydrogen-bond acceptors (Lipinski definition) is 3. The van der Waals surface area contributed by atoms with E-state index in [0.717, 1.165) is 17.4 Å². The van der Waals surface area contributed by atoms with Crippen LogP contribution in [0.5, 0.6) is 0 Å². The molecule has 2 unspecified atom stereocenters. The Morgan fingerprint density at radius 3 is 2.82 bits per heavy atom. The monoisotopic (exact) mass is 342 g/mol. The number of likely N-dealkylation sites (tertiary alicyclic amines) is 1. The number of halogens is 2. The lowest BCUT2D eigenvalue weighted by molar-refractivity contribution is 0.0712. The molecule has 1 aromatic heterocycles. The highest BCUT2D eigenvalue weighted by molar-refractivity contribution is 6.35. The summed E-state index contributed by atoms with van der Waals surface area (Å²) in [5.74, 6) is 0.697. The minimum Gasteiger partial charge on any atom is -0.449 e. The maximum Gasteiger partial charge on any atom is 0.290 e. The van der Waals surface area contributed by atoms with Gasteiger partial charge < -0.3 is 15.1 Å². The van der Waals surface area contributed by atoms with Crippen LogP contribution in [-0.4, -0.2) is 29.9 Å². The third kappa shape index (κ3) is 2.71. The second-order valence-corrected chi connectivity index (χ2v) is 6.22. The molecule has 0 radical (unpaired) electrons. The third-order valence-electron chi connectivity index (χ3n) is 4.37. The number of benzene rings is 1. The number of nitrogens with zero attached hydrogens (tertiary/aromatic N) is 1. The van der Waals surface area contributed by atoms with Gasteiger partial charge in [-0.05, 0) is 38.8 Å². The van der Waals surface area contributed by atoms with Crippen molar-refractivity contribution in [2.75, 3.05) is 13.1 Å². The van der Waals surface area contributed by atoms with E-state index in [0.29, 0.717) is 35.4 Å². The van der Waals surface area contributed by atoms with Gasteiger partial charge in [0.05, 0.1) is 5.02 Å². The summed E-state index contributed by atoms with van der Waals surface area (Å²) in [6.45, 7) is 5.26.